The number of amides is 1. The van der Waals surface area contributed by atoms with Gasteiger partial charge in [-0.25, -0.2) is 15.0 Å². The molecule has 6 nitrogen and oxygen atoms in total. The Balaban J connectivity index is 1.59. The third-order valence-electron chi connectivity index (χ3n) is 2.71. The second kappa shape index (κ2) is 7.03. The molecule has 3 heterocycles. The van der Waals surface area contributed by atoms with E-state index in [1.165, 1.54) is 22.7 Å². The van der Waals surface area contributed by atoms with Crippen molar-refractivity contribution in [3.8, 4) is 0 Å². The lowest BCUT2D eigenvalue weighted by Gasteiger charge is -2.01. The quantitative estimate of drug-likeness (QED) is 0.670. The van der Waals surface area contributed by atoms with Crippen LogP contribution in [0.1, 0.15) is 10.6 Å². The van der Waals surface area contributed by atoms with Gasteiger partial charge in [-0.15, -0.1) is 22.7 Å². The zero-order chi connectivity index (χ0) is 16.2. The monoisotopic (exact) mass is 365 g/mol. The number of carbonyl (C=O) groups excluding carboxylic acids is 1. The molecule has 0 aliphatic carbocycles. The Kier molecular flexibility index (Phi) is 4.85. The van der Waals surface area contributed by atoms with Crippen molar-refractivity contribution >= 4 is 56.3 Å². The summed E-state index contributed by atoms with van der Waals surface area (Å²) in [6, 6.07) is 5.30. The molecule has 9 heteroatoms. The fourth-order valence-electron chi connectivity index (χ4n) is 1.77. The fraction of sp³-hybridized carbons (Fsp3) is 0.143. The highest BCUT2D eigenvalue weighted by molar-refractivity contribution is 7.15. The number of hydrogen-bond donors (Lipinski definition) is 2. The number of aromatic nitrogens is 3. The molecule has 0 fully saturated rings. The minimum absolute atomic E-state index is 0.142. The van der Waals surface area contributed by atoms with E-state index in [-0.39, 0.29) is 12.3 Å². The maximum absolute atomic E-state index is 12.0. The average molecular weight is 366 g/mol. The first-order valence-corrected chi connectivity index (χ1v) is 8.72. The molecule has 0 spiro atoms. The molecule has 0 atom stereocenters. The topological polar surface area (TPSA) is 79.8 Å². The summed E-state index contributed by atoms with van der Waals surface area (Å²) in [6.07, 6.45) is 1.92. The molecule has 3 rings (SSSR count). The first kappa shape index (κ1) is 15.9. The standard InChI is InChI=1S/C14H12ClN5OS2/c1-8-6-16-13(23-8)20-12(21)5-9-7-22-14(17-9)19-11-4-2-3-10(15)18-11/h2-4,6-7H,5H2,1H3,(H,16,20,21)(H,17,18,19). The van der Waals surface area contributed by atoms with Crippen molar-refractivity contribution in [3.63, 3.8) is 0 Å². The van der Waals surface area contributed by atoms with Gasteiger partial charge in [-0.3, -0.25) is 4.79 Å². The van der Waals surface area contributed by atoms with Crippen LogP contribution in [0.25, 0.3) is 0 Å². The summed E-state index contributed by atoms with van der Waals surface area (Å²) >= 11 is 8.68. The van der Waals surface area contributed by atoms with Crippen LogP contribution in [0.4, 0.5) is 16.1 Å². The maximum atomic E-state index is 12.0. The number of rotatable bonds is 5. The van der Waals surface area contributed by atoms with Gasteiger partial charge >= 0.3 is 0 Å². The molecule has 0 aliphatic rings. The molecular formula is C14H12ClN5OS2. The molecule has 23 heavy (non-hydrogen) atoms. The number of hydrogen-bond acceptors (Lipinski definition) is 7. The average Bonchev–Trinajstić information content (AvgIpc) is 3.08. The van der Waals surface area contributed by atoms with Crippen molar-refractivity contribution in [2.75, 3.05) is 10.6 Å². The lowest BCUT2D eigenvalue weighted by atomic mass is 10.3. The number of nitrogens with zero attached hydrogens (tertiary/aromatic N) is 3. The van der Waals surface area contributed by atoms with Crippen LogP contribution in [0, 0.1) is 6.92 Å². The maximum Gasteiger partial charge on any atom is 0.232 e. The van der Waals surface area contributed by atoms with Crippen LogP contribution in [0.2, 0.25) is 5.15 Å². The van der Waals surface area contributed by atoms with Crippen molar-refractivity contribution in [2.24, 2.45) is 0 Å². The molecule has 118 valence electrons. The Morgan fingerprint density at radius 1 is 1.30 bits per heavy atom. The third-order valence-corrected chi connectivity index (χ3v) is 4.56. The van der Waals surface area contributed by atoms with Crippen LogP contribution in [0.5, 0.6) is 0 Å². The SMILES string of the molecule is Cc1cnc(NC(=O)Cc2csc(Nc3cccc(Cl)n3)n2)s1. The lowest BCUT2D eigenvalue weighted by Crippen LogP contribution is -2.14. The molecule has 0 aromatic carbocycles. The Hall–Kier alpha value is -2.03. The number of pyridine rings is 1. The van der Waals surface area contributed by atoms with E-state index < -0.39 is 0 Å². The number of halogens is 1. The predicted molar refractivity (Wildman–Crippen MR) is 93.8 cm³/mol. The normalized spacial score (nSPS) is 10.5. The van der Waals surface area contributed by atoms with E-state index in [2.05, 4.69) is 25.6 Å². The second-order valence-electron chi connectivity index (χ2n) is 4.62. The van der Waals surface area contributed by atoms with Gasteiger partial charge in [0.15, 0.2) is 10.3 Å². The van der Waals surface area contributed by atoms with E-state index >= 15 is 0 Å². The van der Waals surface area contributed by atoms with Crippen LogP contribution in [0.3, 0.4) is 0 Å². The number of nitrogens with one attached hydrogen (secondary N) is 2. The molecule has 1 amide bonds. The van der Waals surface area contributed by atoms with Crippen LogP contribution in [-0.4, -0.2) is 20.9 Å². The van der Waals surface area contributed by atoms with Gasteiger partial charge < -0.3 is 10.6 Å². The Morgan fingerprint density at radius 3 is 2.91 bits per heavy atom. The highest BCUT2D eigenvalue weighted by Gasteiger charge is 2.10. The van der Waals surface area contributed by atoms with Crippen LogP contribution >= 0.6 is 34.3 Å². The molecule has 0 radical (unpaired) electrons. The van der Waals surface area contributed by atoms with E-state index in [4.69, 9.17) is 11.6 Å². The highest BCUT2D eigenvalue weighted by atomic mass is 35.5. The van der Waals surface area contributed by atoms with Crippen molar-refractivity contribution in [1.82, 2.24) is 15.0 Å². The Labute approximate surface area is 145 Å². The van der Waals surface area contributed by atoms with Gasteiger partial charge in [-0.2, -0.15) is 0 Å². The minimum atomic E-state index is -0.142. The van der Waals surface area contributed by atoms with E-state index in [1.807, 2.05) is 12.3 Å². The number of thiazole rings is 2. The molecule has 3 aromatic heterocycles. The van der Waals surface area contributed by atoms with Gasteiger partial charge in [-0.05, 0) is 19.1 Å². The van der Waals surface area contributed by atoms with Crippen LogP contribution < -0.4 is 10.6 Å². The number of anilines is 3. The van der Waals surface area contributed by atoms with Gasteiger partial charge in [0, 0.05) is 16.5 Å². The van der Waals surface area contributed by atoms with Crippen LogP contribution in [0.15, 0.2) is 29.8 Å². The number of aryl methyl sites for hydroxylation is 1. The molecule has 0 saturated carbocycles. The fourth-order valence-corrected chi connectivity index (χ4v) is 3.34. The largest absolute Gasteiger partial charge is 0.316 e. The van der Waals surface area contributed by atoms with Gasteiger partial charge in [0.25, 0.3) is 0 Å². The van der Waals surface area contributed by atoms with Gasteiger partial charge in [0.1, 0.15) is 11.0 Å². The highest BCUT2D eigenvalue weighted by Crippen LogP contribution is 2.21. The summed E-state index contributed by atoms with van der Waals surface area (Å²) in [5.74, 6) is 0.471. The molecule has 2 N–H and O–H groups in total. The van der Waals surface area contributed by atoms with E-state index in [9.17, 15) is 4.79 Å². The van der Waals surface area contributed by atoms with Gasteiger partial charge in [-0.1, -0.05) is 17.7 Å². The van der Waals surface area contributed by atoms with Crippen molar-refractivity contribution < 1.29 is 4.79 Å². The zero-order valence-electron chi connectivity index (χ0n) is 12.0. The molecule has 0 aliphatic heterocycles. The third kappa shape index (κ3) is 4.47. The predicted octanol–water partition coefficient (Wildman–Crippen LogP) is 3.88. The summed E-state index contributed by atoms with van der Waals surface area (Å²) in [7, 11) is 0. The summed E-state index contributed by atoms with van der Waals surface area (Å²) in [6.45, 7) is 1.94. The van der Waals surface area contributed by atoms with Crippen molar-refractivity contribution in [3.05, 3.63) is 45.5 Å². The van der Waals surface area contributed by atoms with E-state index in [1.54, 1.807) is 24.4 Å². The lowest BCUT2D eigenvalue weighted by molar-refractivity contribution is -0.115. The van der Waals surface area contributed by atoms with Crippen molar-refractivity contribution in [2.45, 2.75) is 13.3 Å². The van der Waals surface area contributed by atoms with Gasteiger partial charge in [0.05, 0.1) is 12.1 Å². The molecule has 0 unspecified atom stereocenters. The molecule has 3 aromatic rings. The zero-order valence-corrected chi connectivity index (χ0v) is 14.4. The van der Waals surface area contributed by atoms with Gasteiger partial charge in [0.2, 0.25) is 5.91 Å². The Morgan fingerprint density at radius 2 is 2.17 bits per heavy atom. The first-order valence-electron chi connectivity index (χ1n) is 6.65. The summed E-state index contributed by atoms with van der Waals surface area (Å²) < 4.78 is 0. The summed E-state index contributed by atoms with van der Waals surface area (Å²) in [4.78, 5) is 25.6. The number of carbonyl (C=O) groups is 1. The Bertz CT molecular complexity index is 832. The first-order chi connectivity index (χ1) is 11.1. The second-order valence-corrected chi connectivity index (χ2v) is 7.10. The van der Waals surface area contributed by atoms with Crippen molar-refractivity contribution in [1.29, 1.82) is 0 Å². The minimum Gasteiger partial charge on any atom is -0.316 e. The van der Waals surface area contributed by atoms with Crippen LogP contribution in [-0.2, 0) is 11.2 Å². The summed E-state index contributed by atoms with van der Waals surface area (Å²) in [5, 5.41) is 9.32. The van der Waals surface area contributed by atoms with E-state index in [0.717, 1.165) is 4.88 Å². The summed E-state index contributed by atoms with van der Waals surface area (Å²) in [5.41, 5.74) is 0.685. The smallest absolute Gasteiger partial charge is 0.232 e. The molecule has 0 bridgehead atoms. The molecular weight excluding hydrogens is 354 g/mol. The molecule has 0 saturated heterocycles. The van der Waals surface area contributed by atoms with E-state index in [0.29, 0.717) is 26.9 Å².